The van der Waals surface area contributed by atoms with Gasteiger partial charge < -0.3 is 5.32 Å². The minimum atomic E-state index is -0.379. The van der Waals surface area contributed by atoms with Crippen LogP contribution in [0.2, 0.25) is 5.15 Å². The highest BCUT2D eigenvalue weighted by Gasteiger charge is 2.07. The van der Waals surface area contributed by atoms with Gasteiger partial charge >= 0.3 is 0 Å². The van der Waals surface area contributed by atoms with Gasteiger partial charge in [-0.25, -0.2) is 9.37 Å². The van der Waals surface area contributed by atoms with Crippen LogP contribution in [0.15, 0.2) is 30.3 Å². The molecule has 90 valence electrons. The Morgan fingerprint density at radius 2 is 2.17 bits per heavy atom. The Morgan fingerprint density at radius 1 is 1.39 bits per heavy atom. The molecule has 0 saturated carbocycles. The first-order valence-corrected chi connectivity index (χ1v) is 5.58. The summed E-state index contributed by atoms with van der Waals surface area (Å²) >= 11 is 5.78. The van der Waals surface area contributed by atoms with Crippen molar-refractivity contribution in [2.45, 2.75) is 6.92 Å². The summed E-state index contributed by atoms with van der Waals surface area (Å²) in [6.07, 6.45) is 0. The third-order valence-corrected chi connectivity index (χ3v) is 2.59. The number of hydrogen-bond donors (Lipinski definition) is 1. The quantitative estimate of drug-likeness (QED) is 0.837. The summed E-state index contributed by atoms with van der Waals surface area (Å²) < 4.78 is 13.6. The highest BCUT2D eigenvalue weighted by Crippen LogP contribution is 2.24. The molecular weight excluding hydrogens is 253 g/mol. The van der Waals surface area contributed by atoms with Gasteiger partial charge in [0.15, 0.2) is 0 Å². The van der Waals surface area contributed by atoms with E-state index < -0.39 is 0 Å². The van der Waals surface area contributed by atoms with Gasteiger partial charge in [0.1, 0.15) is 16.8 Å². The fraction of sp³-hybridized carbons (Fsp3) is 0.0769. The normalized spacial score (nSPS) is 9.89. The second-order valence-electron chi connectivity index (χ2n) is 3.73. The fourth-order valence-corrected chi connectivity index (χ4v) is 1.75. The van der Waals surface area contributed by atoms with Gasteiger partial charge in [0.25, 0.3) is 0 Å². The van der Waals surface area contributed by atoms with Gasteiger partial charge in [0.2, 0.25) is 0 Å². The van der Waals surface area contributed by atoms with Gasteiger partial charge in [-0.3, -0.25) is 0 Å². The van der Waals surface area contributed by atoms with Crippen LogP contribution in [0.25, 0.3) is 0 Å². The third kappa shape index (κ3) is 2.58. The maximum Gasteiger partial charge on any atom is 0.146 e. The van der Waals surface area contributed by atoms with E-state index in [0.29, 0.717) is 17.1 Å². The van der Waals surface area contributed by atoms with E-state index >= 15 is 0 Å². The van der Waals surface area contributed by atoms with Crippen molar-refractivity contribution < 1.29 is 4.39 Å². The number of halogens is 2. The van der Waals surface area contributed by atoms with Crippen molar-refractivity contribution in [3.8, 4) is 6.07 Å². The number of nitriles is 1. The highest BCUT2D eigenvalue weighted by atomic mass is 35.5. The largest absolute Gasteiger partial charge is 0.338 e. The lowest BCUT2D eigenvalue weighted by Crippen LogP contribution is -1.99. The number of aryl methyl sites for hydroxylation is 1. The molecule has 1 aromatic heterocycles. The average Bonchev–Trinajstić information content (AvgIpc) is 2.33. The highest BCUT2D eigenvalue weighted by molar-refractivity contribution is 6.29. The summed E-state index contributed by atoms with van der Waals surface area (Å²) in [5, 5.41) is 11.8. The Kier molecular flexibility index (Phi) is 3.45. The van der Waals surface area contributed by atoms with E-state index in [-0.39, 0.29) is 11.0 Å². The first kappa shape index (κ1) is 12.3. The predicted octanol–water partition coefficient (Wildman–Crippen LogP) is 3.80. The topological polar surface area (TPSA) is 48.7 Å². The van der Waals surface area contributed by atoms with Crippen molar-refractivity contribution in [3.63, 3.8) is 0 Å². The van der Waals surface area contributed by atoms with Crippen LogP contribution < -0.4 is 5.32 Å². The molecule has 0 fully saturated rings. The minimum absolute atomic E-state index is 0.186. The van der Waals surface area contributed by atoms with Gasteiger partial charge in [-0.05, 0) is 30.7 Å². The monoisotopic (exact) mass is 261 g/mol. The molecule has 0 aliphatic rings. The van der Waals surface area contributed by atoms with E-state index in [2.05, 4.69) is 10.3 Å². The lowest BCUT2D eigenvalue weighted by Gasteiger charge is -2.10. The molecule has 1 heterocycles. The van der Waals surface area contributed by atoms with Gasteiger partial charge in [0, 0.05) is 0 Å². The number of benzene rings is 1. The Bertz CT molecular complexity index is 614. The number of hydrogen-bond acceptors (Lipinski definition) is 3. The van der Waals surface area contributed by atoms with Crippen LogP contribution in [-0.2, 0) is 0 Å². The van der Waals surface area contributed by atoms with E-state index in [1.807, 2.05) is 6.07 Å². The number of pyridine rings is 1. The second kappa shape index (κ2) is 5.03. The summed E-state index contributed by atoms with van der Waals surface area (Å²) in [5.74, 6) is -0.0393. The standard InChI is InChI=1S/C13H9ClFN3/c1-8-3-2-4-10(15)13(8)18-12-6-9(7-16)5-11(14)17-12/h2-6H,1H3,(H,17,18). The SMILES string of the molecule is Cc1cccc(F)c1Nc1cc(C#N)cc(Cl)n1. The van der Waals surface area contributed by atoms with E-state index in [1.54, 1.807) is 19.1 Å². The summed E-state index contributed by atoms with van der Waals surface area (Å²) in [6, 6.07) is 9.68. The van der Waals surface area contributed by atoms with Crippen LogP contribution >= 0.6 is 11.6 Å². The molecule has 0 bridgehead atoms. The zero-order valence-corrected chi connectivity index (χ0v) is 10.3. The van der Waals surface area contributed by atoms with Crippen molar-refractivity contribution in [2.75, 3.05) is 5.32 Å². The summed E-state index contributed by atoms with van der Waals surface area (Å²) in [5.41, 5.74) is 1.44. The van der Waals surface area contributed by atoms with Gasteiger partial charge in [-0.1, -0.05) is 23.7 Å². The Hall–Kier alpha value is -2.12. The van der Waals surface area contributed by atoms with Crippen LogP contribution in [0.1, 0.15) is 11.1 Å². The molecule has 18 heavy (non-hydrogen) atoms. The summed E-state index contributed by atoms with van der Waals surface area (Å²) in [6.45, 7) is 1.78. The van der Waals surface area contributed by atoms with Crippen molar-refractivity contribution in [1.82, 2.24) is 4.98 Å². The zero-order valence-electron chi connectivity index (χ0n) is 9.54. The number of aromatic nitrogens is 1. The van der Waals surface area contributed by atoms with Crippen molar-refractivity contribution >= 4 is 23.1 Å². The van der Waals surface area contributed by atoms with E-state index in [1.165, 1.54) is 18.2 Å². The molecule has 1 N–H and O–H groups in total. The Morgan fingerprint density at radius 3 is 2.83 bits per heavy atom. The molecule has 2 rings (SSSR count). The zero-order chi connectivity index (χ0) is 13.1. The Balaban J connectivity index is 2.40. The summed E-state index contributed by atoms with van der Waals surface area (Å²) in [4.78, 5) is 4.00. The van der Waals surface area contributed by atoms with Crippen molar-refractivity contribution in [1.29, 1.82) is 5.26 Å². The maximum absolute atomic E-state index is 13.6. The van der Waals surface area contributed by atoms with Crippen molar-refractivity contribution in [2.24, 2.45) is 0 Å². The third-order valence-electron chi connectivity index (χ3n) is 2.40. The molecule has 0 spiro atoms. The van der Waals surface area contributed by atoms with E-state index in [4.69, 9.17) is 16.9 Å². The van der Waals surface area contributed by atoms with E-state index in [9.17, 15) is 4.39 Å². The number of rotatable bonds is 2. The predicted molar refractivity (Wildman–Crippen MR) is 68.4 cm³/mol. The first-order valence-electron chi connectivity index (χ1n) is 5.20. The minimum Gasteiger partial charge on any atom is -0.338 e. The molecular formula is C13H9ClFN3. The molecule has 0 radical (unpaired) electrons. The van der Waals surface area contributed by atoms with Gasteiger partial charge in [-0.2, -0.15) is 5.26 Å². The molecule has 0 unspecified atom stereocenters. The number of nitrogens with zero attached hydrogens (tertiary/aromatic N) is 2. The van der Waals surface area contributed by atoms with Crippen molar-refractivity contribution in [3.05, 3.63) is 52.4 Å². The van der Waals surface area contributed by atoms with Crippen LogP contribution in [0.4, 0.5) is 15.9 Å². The molecule has 3 nitrogen and oxygen atoms in total. The lowest BCUT2D eigenvalue weighted by molar-refractivity contribution is 0.631. The smallest absolute Gasteiger partial charge is 0.146 e. The first-order chi connectivity index (χ1) is 8.60. The molecule has 0 amide bonds. The molecule has 5 heteroatoms. The fourth-order valence-electron chi connectivity index (χ4n) is 1.54. The number of anilines is 2. The molecule has 0 aliphatic heterocycles. The van der Waals surface area contributed by atoms with Crippen LogP contribution in [0.3, 0.4) is 0 Å². The van der Waals surface area contributed by atoms with Gasteiger partial charge in [0.05, 0.1) is 17.3 Å². The van der Waals surface area contributed by atoms with Crippen LogP contribution in [-0.4, -0.2) is 4.98 Å². The maximum atomic E-state index is 13.6. The number of nitrogens with one attached hydrogen (secondary N) is 1. The summed E-state index contributed by atoms with van der Waals surface area (Å²) in [7, 11) is 0. The van der Waals surface area contributed by atoms with Crippen LogP contribution in [0.5, 0.6) is 0 Å². The lowest BCUT2D eigenvalue weighted by atomic mass is 10.2. The molecule has 0 atom stereocenters. The van der Waals surface area contributed by atoms with Gasteiger partial charge in [-0.15, -0.1) is 0 Å². The average molecular weight is 262 g/mol. The number of para-hydroxylation sites is 1. The van der Waals surface area contributed by atoms with E-state index in [0.717, 1.165) is 5.56 Å². The molecule has 2 aromatic rings. The Labute approximate surface area is 109 Å². The van der Waals surface area contributed by atoms with Crippen LogP contribution in [0, 0.1) is 24.1 Å². The molecule has 0 aliphatic carbocycles. The second-order valence-corrected chi connectivity index (χ2v) is 4.12. The molecule has 1 aromatic carbocycles. The molecule has 0 saturated heterocycles.